The van der Waals surface area contributed by atoms with Crippen molar-refractivity contribution in [3.63, 3.8) is 0 Å². The van der Waals surface area contributed by atoms with Crippen molar-refractivity contribution in [1.29, 1.82) is 0 Å². The maximum Gasteiger partial charge on any atom is 0.222 e. The number of rotatable bonds is 8. The van der Waals surface area contributed by atoms with Crippen molar-refractivity contribution in [2.75, 3.05) is 13.2 Å². The normalized spacial score (nSPS) is 13.8. The molecule has 0 aromatic heterocycles. The first-order valence-corrected chi connectivity index (χ1v) is 6.65. The summed E-state index contributed by atoms with van der Waals surface area (Å²) >= 11 is 0. The molecule has 0 heterocycles. The van der Waals surface area contributed by atoms with Gasteiger partial charge in [0, 0.05) is 19.1 Å². The van der Waals surface area contributed by atoms with Crippen LogP contribution in [0.5, 0.6) is 0 Å². The van der Waals surface area contributed by atoms with Crippen molar-refractivity contribution in [2.45, 2.75) is 32.9 Å². The minimum atomic E-state index is -0.0409. The molecule has 0 radical (unpaired) electrons. The number of amides is 1. The molecule has 0 spiro atoms. The number of nitrogens with one attached hydrogen (secondary N) is 1. The predicted molar refractivity (Wildman–Crippen MR) is 74.6 cm³/mol. The Labute approximate surface area is 114 Å². The molecule has 4 heteroatoms. The molecule has 2 atom stereocenters. The first-order valence-electron chi connectivity index (χ1n) is 6.65. The highest BCUT2D eigenvalue weighted by atomic mass is 16.5. The van der Waals surface area contributed by atoms with Crippen LogP contribution in [0.4, 0.5) is 0 Å². The highest BCUT2D eigenvalue weighted by Gasteiger charge is 2.13. The Morgan fingerprint density at radius 3 is 2.63 bits per heavy atom. The first-order chi connectivity index (χ1) is 9.13. The number of benzene rings is 1. The van der Waals surface area contributed by atoms with Gasteiger partial charge in [-0.2, -0.15) is 0 Å². The van der Waals surface area contributed by atoms with Gasteiger partial charge in [0.2, 0.25) is 5.91 Å². The largest absolute Gasteiger partial charge is 0.396 e. The van der Waals surface area contributed by atoms with Crippen LogP contribution in [0.2, 0.25) is 0 Å². The number of aliphatic hydroxyl groups is 1. The smallest absolute Gasteiger partial charge is 0.222 e. The SMILES string of the molecule is CC(CO)C(C)NC(=O)CCOCc1ccccc1. The maximum absolute atomic E-state index is 11.6. The highest BCUT2D eigenvalue weighted by molar-refractivity contribution is 5.76. The third-order valence-corrected chi connectivity index (χ3v) is 3.12. The molecule has 0 aliphatic rings. The van der Waals surface area contributed by atoms with Gasteiger partial charge in [-0.05, 0) is 18.4 Å². The van der Waals surface area contributed by atoms with Gasteiger partial charge >= 0.3 is 0 Å². The molecule has 1 aromatic carbocycles. The van der Waals surface area contributed by atoms with Crippen LogP contribution in [0.1, 0.15) is 25.8 Å². The van der Waals surface area contributed by atoms with Crippen molar-refractivity contribution < 1.29 is 14.6 Å². The zero-order chi connectivity index (χ0) is 14.1. The van der Waals surface area contributed by atoms with E-state index in [4.69, 9.17) is 9.84 Å². The van der Waals surface area contributed by atoms with Crippen LogP contribution in [-0.2, 0) is 16.1 Å². The standard InChI is InChI=1S/C15H23NO3/c1-12(10-17)13(2)16-15(18)8-9-19-11-14-6-4-3-5-7-14/h3-7,12-13,17H,8-11H2,1-2H3,(H,16,18). The Kier molecular flexibility index (Phi) is 7.15. The summed E-state index contributed by atoms with van der Waals surface area (Å²) in [4.78, 5) is 11.6. The first kappa shape index (κ1) is 15.7. The second-order valence-electron chi connectivity index (χ2n) is 4.80. The summed E-state index contributed by atoms with van der Waals surface area (Å²) in [5, 5.41) is 11.8. The molecule has 1 rings (SSSR count). The molecule has 1 aromatic rings. The zero-order valence-electron chi connectivity index (χ0n) is 11.6. The molecule has 2 N–H and O–H groups in total. The molecule has 0 aliphatic heterocycles. The Balaban J connectivity index is 2.14. The van der Waals surface area contributed by atoms with Crippen molar-refractivity contribution in [1.82, 2.24) is 5.32 Å². The van der Waals surface area contributed by atoms with E-state index in [1.807, 2.05) is 44.2 Å². The predicted octanol–water partition coefficient (Wildman–Crippen LogP) is 1.73. The maximum atomic E-state index is 11.6. The second-order valence-corrected chi connectivity index (χ2v) is 4.80. The lowest BCUT2D eigenvalue weighted by molar-refractivity contribution is -0.123. The molecule has 2 unspecified atom stereocenters. The molecule has 19 heavy (non-hydrogen) atoms. The van der Waals surface area contributed by atoms with E-state index in [1.54, 1.807) is 0 Å². The van der Waals surface area contributed by atoms with Crippen molar-refractivity contribution >= 4 is 5.91 Å². The minimum absolute atomic E-state index is 0.0216. The topological polar surface area (TPSA) is 58.6 Å². The van der Waals surface area contributed by atoms with Gasteiger partial charge in [0.05, 0.1) is 13.2 Å². The fraction of sp³-hybridized carbons (Fsp3) is 0.533. The van der Waals surface area contributed by atoms with E-state index >= 15 is 0 Å². The molecule has 0 saturated heterocycles. The number of aliphatic hydroxyl groups excluding tert-OH is 1. The summed E-state index contributed by atoms with van der Waals surface area (Å²) < 4.78 is 5.45. The van der Waals surface area contributed by atoms with Gasteiger partial charge in [0.1, 0.15) is 0 Å². The van der Waals surface area contributed by atoms with Crippen LogP contribution in [-0.4, -0.2) is 30.3 Å². The van der Waals surface area contributed by atoms with E-state index in [9.17, 15) is 4.79 Å². The van der Waals surface area contributed by atoms with Gasteiger partial charge < -0.3 is 15.2 Å². The van der Waals surface area contributed by atoms with Gasteiger partial charge in [-0.15, -0.1) is 0 Å². The Morgan fingerprint density at radius 1 is 1.32 bits per heavy atom. The molecule has 0 aliphatic carbocycles. The fourth-order valence-corrected chi connectivity index (χ4v) is 1.56. The molecule has 0 fully saturated rings. The van der Waals surface area contributed by atoms with E-state index in [2.05, 4.69) is 5.32 Å². The third-order valence-electron chi connectivity index (χ3n) is 3.12. The number of hydrogen-bond donors (Lipinski definition) is 2. The second kappa shape index (κ2) is 8.67. The molecule has 0 saturated carbocycles. The summed E-state index contributed by atoms with van der Waals surface area (Å²) in [5.74, 6) is 0.0232. The average molecular weight is 265 g/mol. The third kappa shape index (κ3) is 6.36. The lowest BCUT2D eigenvalue weighted by Crippen LogP contribution is -2.38. The average Bonchev–Trinajstić information content (AvgIpc) is 2.43. The quantitative estimate of drug-likeness (QED) is 0.704. The number of ether oxygens (including phenoxy) is 1. The molecular weight excluding hydrogens is 242 g/mol. The fourth-order valence-electron chi connectivity index (χ4n) is 1.56. The Morgan fingerprint density at radius 2 is 2.00 bits per heavy atom. The minimum Gasteiger partial charge on any atom is -0.396 e. The number of carbonyl (C=O) groups is 1. The lowest BCUT2D eigenvalue weighted by atomic mass is 10.1. The summed E-state index contributed by atoms with van der Waals surface area (Å²) in [6.45, 7) is 4.80. The Bertz CT molecular complexity index is 367. The van der Waals surface area contributed by atoms with Crippen LogP contribution in [0.15, 0.2) is 30.3 Å². The van der Waals surface area contributed by atoms with Gasteiger partial charge in [0.15, 0.2) is 0 Å². The zero-order valence-corrected chi connectivity index (χ0v) is 11.6. The van der Waals surface area contributed by atoms with Crippen LogP contribution in [0.3, 0.4) is 0 Å². The van der Waals surface area contributed by atoms with E-state index in [1.165, 1.54) is 0 Å². The summed E-state index contributed by atoms with van der Waals surface area (Å²) in [5.41, 5.74) is 1.10. The van der Waals surface area contributed by atoms with Crippen molar-refractivity contribution in [3.05, 3.63) is 35.9 Å². The van der Waals surface area contributed by atoms with Gasteiger partial charge in [0.25, 0.3) is 0 Å². The highest BCUT2D eigenvalue weighted by Crippen LogP contribution is 2.02. The van der Waals surface area contributed by atoms with Crippen LogP contribution in [0, 0.1) is 5.92 Å². The summed E-state index contributed by atoms with van der Waals surface area (Å²) in [6, 6.07) is 9.84. The Hall–Kier alpha value is -1.39. The summed E-state index contributed by atoms with van der Waals surface area (Å²) in [6.07, 6.45) is 0.343. The summed E-state index contributed by atoms with van der Waals surface area (Å²) in [7, 11) is 0. The van der Waals surface area contributed by atoms with E-state index in [0.29, 0.717) is 19.6 Å². The molecule has 1 amide bonds. The molecule has 106 valence electrons. The van der Waals surface area contributed by atoms with E-state index in [-0.39, 0.29) is 24.5 Å². The van der Waals surface area contributed by atoms with Gasteiger partial charge in [-0.25, -0.2) is 0 Å². The number of hydrogen-bond acceptors (Lipinski definition) is 3. The van der Waals surface area contributed by atoms with E-state index in [0.717, 1.165) is 5.56 Å². The van der Waals surface area contributed by atoms with Crippen LogP contribution in [0.25, 0.3) is 0 Å². The van der Waals surface area contributed by atoms with Crippen LogP contribution >= 0.6 is 0 Å². The molecule has 4 nitrogen and oxygen atoms in total. The monoisotopic (exact) mass is 265 g/mol. The molecular formula is C15H23NO3. The van der Waals surface area contributed by atoms with Crippen molar-refractivity contribution in [3.8, 4) is 0 Å². The van der Waals surface area contributed by atoms with Crippen LogP contribution < -0.4 is 5.32 Å². The lowest BCUT2D eigenvalue weighted by Gasteiger charge is -2.19. The van der Waals surface area contributed by atoms with Crippen molar-refractivity contribution in [2.24, 2.45) is 5.92 Å². The van der Waals surface area contributed by atoms with Gasteiger partial charge in [-0.3, -0.25) is 4.79 Å². The van der Waals surface area contributed by atoms with Gasteiger partial charge in [-0.1, -0.05) is 37.3 Å². The van der Waals surface area contributed by atoms with E-state index < -0.39 is 0 Å². The molecule has 0 bridgehead atoms. The number of carbonyl (C=O) groups excluding carboxylic acids is 1.